The predicted octanol–water partition coefficient (Wildman–Crippen LogP) is 3.68. The normalized spacial score (nSPS) is 14.9. The third-order valence-corrected chi connectivity index (χ3v) is 5.55. The van der Waals surface area contributed by atoms with Crippen LogP contribution in [0.1, 0.15) is 25.8 Å². The SMILES string of the molecule is CC(C)CC1CN(C(=O)C(=O)NCc2csc3ccc(Cl)cc23)C1. The highest BCUT2D eigenvalue weighted by Gasteiger charge is 2.33. The van der Waals surface area contributed by atoms with Crippen LogP contribution >= 0.6 is 22.9 Å². The molecule has 2 aromatic rings. The van der Waals surface area contributed by atoms with Gasteiger partial charge in [-0.25, -0.2) is 0 Å². The van der Waals surface area contributed by atoms with Crippen LogP contribution in [0.4, 0.5) is 0 Å². The molecule has 0 unspecified atom stereocenters. The number of thiophene rings is 1. The van der Waals surface area contributed by atoms with Crippen molar-refractivity contribution in [2.75, 3.05) is 13.1 Å². The number of amides is 2. The Bertz CT molecular complexity index is 765. The lowest BCUT2D eigenvalue weighted by Crippen LogP contribution is -2.54. The number of fused-ring (bicyclic) bond motifs is 1. The van der Waals surface area contributed by atoms with E-state index >= 15 is 0 Å². The number of nitrogens with one attached hydrogen (secondary N) is 1. The van der Waals surface area contributed by atoms with Gasteiger partial charge in [0.15, 0.2) is 0 Å². The summed E-state index contributed by atoms with van der Waals surface area (Å²) in [5, 5.41) is 6.43. The average Bonchev–Trinajstić information content (AvgIpc) is 2.89. The second-order valence-corrected chi connectivity index (χ2v) is 8.14. The Labute approximate surface area is 150 Å². The first-order chi connectivity index (χ1) is 11.4. The van der Waals surface area contributed by atoms with Gasteiger partial charge in [-0.3, -0.25) is 9.59 Å². The van der Waals surface area contributed by atoms with Crippen molar-refractivity contribution in [2.24, 2.45) is 11.8 Å². The molecule has 0 spiro atoms. The van der Waals surface area contributed by atoms with Crippen molar-refractivity contribution in [3.8, 4) is 0 Å². The van der Waals surface area contributed by atoms with Crippen molar-refractivity contribution in [1.29, 1.82) is 0 Å². The molecule has 2 heterocycles. The van der Waals surface area contributed by atoms with Gasteiger partial charge >= 0.3 is 11.8 Å². The van der Waals surface area contributed by atoms with Crippen molar-refractivity contribution in [2.45, 2.75) is 26.8 Å². The first kappa shape index (κ1) is 17.2. The van der Waals surface area contributed by atoms with Crippen LogP contribution in [-0.4, -0.2) is 29.8 Å². The maximum Gasteiger partial charge on any atom is 0.311 e. The molecule has 1 aromatic carbocycles. The zero-order chi connectivity index (χ0) is 17.3. The summed E-state index contributed by atoms with van der Waals surface area (Å²) >= 11 is 7.64. The minimum Gasteiger partial charge on any atom is -0.344 e. The van der Waals surface area contributed by atoms with E-state index in [1.807, 2.05) is 23.6 Å². The zero-order valence-electron chi connectivity index (χ0n) is 13.8. The Hall–Kier alpha value is -1.59. The summed E-state index contributed by atoms with van der Waals surface area (Å²) in [7, 11) is 0. The average molecular weight is 365 g/mol. The molecule has 1 N–H and O–H groups in total. The monoisotopic (exact) mass is 364 g/mol. The molecule has 128 valence electrons. The van der Waals surface area contributed by atoms with Crippen molar-refractivity contribution < 1.29 is 9.59 Å². The topological polar surface area (TPSA) is 49.4 Å². The summed E-state index contributed by atoms with van der Waals surface area (Å²) in [4.78, 5) is 25.8. The highest BCUT2D eigenvalue weighted by molar-refractivity contribution is 7.17. The Morgan fingerprint density at radius 1 is 1.38 bits per heavy atom. The Morgan fingerprint density at radius 3 is 2.83 bits per heavy atom. The minimum atomic E-state index is -0.528. The molecule has 3 rings (SSSR count). The number of benzene rings is 1. The van der Waals surface area contributed by atoms with Gasteiger partial charge < -0.3 is 10.2 Å². The van der Waals surface area contributed by atoms with Crippen molar-refractivity contribution in [3.05, 3.63) is 34.2 Å². The lowest BCUT2D eigenvalue weighted by atomic mass is 9.90. The molecule has 6 heteroatoms. The molecule has 0 bridgehead atoms. The molecular weight excluding hydrogens is 344 g/mol. The second kappa shape index (κ2) is 7.11. The molecule has 1 fully saturated rings. The minimum absolute atomic E-state index is 0.341. The van der Waals surface area contributed by atoms with Gasteiger partial charge in [-0.2, -0.15) is 0 Å². The van der Waals surface area contributed by atoms with Crippen LogP contribution in [0.25, 0.3) is 10.1 Å². The fourth-order valence-corrected chi connectivity index (χ4v) is 4.25. The summed E-state index contributed by atoms with van der Waals surface area (Å²) in [6.45, 7) is 6.08. The van der Waals surface area contributed by atoms with Gasteiger partial charge in [0, 0.05) is 29.4 Å². The van der Waals surface area contributed by atoms with E-state index in [0.717, 1.165) is 22.1 Å². The largest absolute Gasteiger partial charge is 0.344 e. The van der Waals surface area contributed by atoms with Crippen LogP contribution in [0.15, 0.2) is 23.6 Å². The molecule has 1 aliphatic heterocycles. The summed E-state index contributed by atoms with van der Waals surface area (Å²) in [6, 6.07) is 5.71. The van der Waals surface area contributed by atoms with Gasteiger partial charge in [-0.15, -0.1) is 11.3 Å². The van der Waals surface area contributed by atoms with E-state index in [0.29, 0.717) is 36.5 Å². The molecule has 4 nitrogen and oxygen atoms in total. The van der Waals surface area contributed by atoms with Crippen molar-refractivity contribution in [1.82, 2.24) is 10.2 Å². The molecule has 0 atom stereocenters. The van der Waals surface area contributed by atoms with Crippen LogP contribution in [0.2, 0.25) is 5.02 Å². The fraction of sp³-hybridized carbons (Fsp3) is 0.444. The van der Waals surface area contributed by atoms with Gasteiger partial charge in [0.1, 0.15) is 0 Å². The maximum atomic E-state index is 12.1. The van der Waals surface area contributed by atoms with E-state index in [-0.39, 0.29) is 0 Å². The van der Waals surface area contributed by atoms with Crippen molar-refractivity contribution >= 4 is 44.8 Å². The molecule has 1 saturated heterocycles. The standard InChI is InChI=1S/C18H21ClN2O2S/c1-11(2)5-12-8-21(9-12)18(23)17(22)20-7-13-10-24-16-4-3-14(19)6-15(13)16/h3-4,6,10-12H,5,7-9H2,1-2H3,(H,20,22). The molecule has 0 radical (unpaired) electrons. The predicted molar refractivity (Wildman–Crippen MR) is 98.2 cm³/mol. The molecule has 1 aromatic heterocycles. The zero-order valence-corrected chi connectivity index (χ0v) is 15.4. The van der Waals surface area contributed by atoms with Crippen molar-refractivity contribution in [3.63, 3.8) is 0 Å². The quantitative estimate of drug-likeness (QED) is 0.841. The number of carbonyl (C=O) groups is 2. The van der Waals surface area contributed by atoms with E-state index in [1.54, 1.807) is 16.2 Å². The van der Waals surface area contributed by atoms with E-state index in [4.69, 9.17) is 11.6 Å². The highest BCUT2D eigenvalue weighted by Crippen LogP contribution is 2.28. The molecule has 0 saturated carbocycles. The first-order valence-electron chi connectivity index (χ1n) is 8.16. The fourth-order valence-electron chi connectivity index (χ4n) is 3.14. The smallest absolute Gasteiger partial charge is 0.311 e. The number of nitrogens with zero attached hydrogens (tertiary/aromatic N) is 1. The van der Waals surface area contributed by atoms with E-state index in [1.165, 1.54) is 0 Å². The van der Waals surface area contributed by atoms with Crippen LogP contribution in [0.5, 0.6) is 0 Å². The maximum absolute atomic E-state index is 12.1. The van der Waals surface area contributed by atoms with E-state index < -0.39 is 11.8 Å². The lowest BCUT2D eigenvalue weighted by Gasteiger charge is -2.39. The molecule has 2 amide bonds. The summed E-state index contributed by atoms with van der Waals surface area (Å²) in [5.41, 5.74) is 0.986. The number of hydrogen-bond donors (Lipinski definition) is 1. The number of hydrogen-bond acceptors (Lipinski definition) is 3. The van der Waals surface area contributed by atoms with E-state index in [9.17, 15) is 9.59 Å². The Balaban J connectivity index is 1.54. The van der Waals surface area contributed by atoms with Crippen LogP contribution in [0, 0.1) is 11.8 Å². The highest BCUT2D eigenvalue weighted by atomic mass is 35.5. The van der Waals surface area contributed by atoms with Crippen LogP contribution in [0.3, 0.4) is 0 Å². The van der Waals surface area contributed by atoms with Gasteiger partial charge in [0.25, 0.3) is 0 Å². The number of rotatable bonds is 4. The van der Waals surface area contributed by atoms with Crippen LogP contribution in [-0.2, 0) is 16.1 Å². The summed E-state index contributed by atoms with van der Waals surface area (Å²) in [6.07, 6.45) is 1.10. The molecular formula is C18H21ClN2O2S. The third-order valence-electron chi connectivity index (χ3n) is 4.30. The summed E-state index contributed by atoms with van der Waals surface area (Å²) in [5.74, 6) is 0.205. The van der Waals surface area contributed by atoms with Gasteiger partial charge in [-0.05, 0) is 52.8 Å². The van der Waals surface area contributed by atoms with Gasteiger partial charge in [0.2, 0.25) is 0 Å². The second-order valence-electron chi connectivity index (χ2n) is 6.79. The Kier molecular flexibility index (Phi) is 5.11. The lowest BCUT2D eigenvalue weighted by molar-refractivity contribution is -0.150. The van der Waals surface area contributed by atoms with Gasteiger partial charge in [0.05, 0.1) is 0 Å². The van der Waals surface area contributed by atoms with Gasteiger partial charge in [-0.1, -0.05) is 25.4 Å². The molecule has 0 aliphatic carbocycles. The molecule has 24 heavy (non-hydrogen) atoms. The first-order valence-corrected chi connectivity index (χ1v) is 9.42. The Morgan fingerprint density at radius 2 is 2.12 bits per heavy atom. The number of halogens is 1. The van der Waals surface area contributed by atoms with E-state index in [2.05, 4.69) is 19.2 Å². The summed E-state index contributed by atoms with van der Waals surface area (Å²) < 4.78 is 1.12. The third kappa shape index (κ3) is 3.73. The molecule has 1 aliphatic rings. The number of carbonyl (C=O) groups excluding carboxylic acids is 2. The number of likely N-dealkylation sites (tertiary alicyclic amines) is 1. The van der Waals surface area contributed by atoms with Crippen LogP contribution < -0.4 is 5.32 Å².